The monoisotopic (exact) mass is 370 g/mol. The van der Waals surface area contributed by atoms with Crippen molar-refractivity contribution in [1.29, 1.82) is 0 Å². The zero-order chi connectivity index (χ0) is 15.8. The molecule has 0 saturated heterocycles. The Labute approximate surface area is 140 Å². The van der Waals surface area contributed by atoms with Crippen molar-refractivity contribution in [2.24, 2.45) is 0 Å². The highest BCUT2D eigenvalue weighted by Gasteiger charge is 2.30. The first-order chi connectivity index (χ1) is 9.72. The highest BCUT2D eigenvalue weighted by atomic mass is 35.5. The molecule has 1 unspecified atom stereocenters. The van der Waals surface area contributed by atoms with Gasteiger partial charge in [-0.15, -0.1) is 0 Å². The Morgan fingerprint density at radius 3 is 2.29 bits per heavy atom. The molecule has 1 fully saturated rings. The molecule has 1 aromatic carbocycles. The summed E-state index contributed by atoms with van der Waals surface area (Å²) in [4.78, 5) is 2.05. The van der Waals surface area contributed by atoms with E-state index in [2.05, 4.69) is 9.62 Å². The number of benzene rings is 1. The molecule has 0 spiro atoms. The van der Waals surface area contributed by atoms with E-state index in [1.54, 1.807) is 0 Å². The average molecular weight is 372 g/mol. The molecule has 1 aromatic rings. The van der Waals surface area contributed by atoms with Crippen molar-refractivity contribution in [2.75, 3.05) is 13.6 Å². The Balaban J connectivity index is 2.11. The third-order valence-electron chi connectivity index (χ3n) is 3.62. The largest absolute Gasteiger partial charge is 0.299 e. The van der Waals surface area contributed by atoms with Gasteiger partial charge in [0.2, 0.25) is 10.0 Å². The number of halogens is 3. The Kier molecular flexibility index (Phi) is 5.45. The molecular formula is C13H17Cl3N2O2S. The van der Waals surface area contributed by atoms with Crippen molar-refractivity contribution in [2.45, 2.75) is 36.7 Å². The van der Waals surface area contributed by atoms with Gasteiger partial charge in [-0.1, -0.05) is 34.8 Å². The molecule has 21 heavy (non-hydrogen) atoms. The lowest BCUT2D eigenvalue weighted by molar-refractivity contribution is 0.248. The average Bonchev–Trinajstić information content (AvgIpc) is 3.17. The van der Waals surface area contributed by atoms with Gasteiger partial charge >= 0.3 is 0 Å². The number of hydrogen-bond acceptors (Lipinski definition) is 3. The maximum absolute atomic E-state index is 12.4. The smallest absolute Gasteiger partial charge is 0.243 e. The number of nitrogens with zero attached hydrogens (tertiary/aromatic N) is 1. The molecule has 2 rings (SSSR count). The number of sulfonamides is 1. The fourth-order valence-electron chi connectivity index (χ4n) is 2.07. The zero-order valence-corrected chi connectivity index (χ0v) is 14.8. The van der Waals surface area contributed by atoms with Crippen LogP contribution in [0.5, 0.6) is 0 Å². The third kappa shape index (κ3) is 4.24. The summed E-state index contributed by atoms with van der Waals surface area (Å²) in [6, 6.07) is 3.39. The van der Waals surface area contributed by atoms with Crippen LogP contribution in [-0.4, -0.2) is 39.0 Å². The standard InChI is InChI=1S/C13H17Cl3N2O2S/c1-8(18(2)10-3-4-10)7-17-21(19,20)13-11(15)5-9(14)6-12(13)16/h5-6,8,10,17H,3-4,7H2,1-2H3. The molecule has 0 bridgehead atoms. The van der Waals surface area contributed by atoms with E-state index in [1.165, 1.54) is 25.0 Å². The second-order valence-corrected chi connectivity index (χ2v) is 8.25. The van der Waals surface area contributed by atoms with Gasteiger partial charge in [-0.2, -0.15) is 0 Å². The molecular weight excluding hydrogens is 355 g/mol. The summed E-state index contributed by atoms with van der Waals surface area (Å²) < 4.78 is 27.3. The minimum atomic E-state index is -3.77. The highest BCUT2D eigenvalue weighted by Crippen LogP contribution is 2.32. The van der Waals surface area contributed by atoms with Crippen LogP contribution >= 0.6 is 34.8 Å². The number of nitrogens with one attached hydrogen (secondary N) is 1. The summed E-state index contributed by atoms with van der Waals surface area (Å²) in [5.74, 6) is 0. The lowest BCUT2D eigenvalue weighted by Crippen LogP contribution is -2.41. The first-order valence-electron chi connectivity index (χ1n) is 6.58. The molecule has 0 radical (unpaired) electrons. The molecule has 0 amide bonds. The van der Waals surface area contributed by atoms with E-state index in [9.17, 15) is 8.42 Å². The molecule has 1 aliphatic rings. The van der Waals surface area contributed by atoms with Crippen LogP contribution < -0.4 is 4.72 Å². The van der Waals surface area contributed by atoms with E-state index in [-0.39, 0.29) is 21.0 Å². The van der Waals surface area contributed by atoms with Crippen LogP contribution in [0.3, 0.4) is 0 Å². The van der Waals surface area contributed by atoms with Crippen molar-refractivity contribution in [1.82, 2.24) is 9.62 Å². The van der Waals surface area contributed by atoms with Crippen LogP contribution in [0.4, 0.5) is 0 Å². The van der Waals surface area contributed by atoms with Crippen molar-refractivity contribution in [3.8, 4) is 0 Å². The molecule has 0 aliphatic heterocycles. The Bertz CT molecular complexity index is 609. The first kappa shape index (κ1) is 17.3. The fourth-order valence-corrected chi connectivity index (χ4v) is 4.74. The van der Waals surface area contributed by atoms with Crippen LogP contribution in [0.1, 0.15) is 19.8 Å². The van der Waals surface area contributed by atoms with Crippen LogP contribution in [0.25, 0.3) is 0 Å². The van der Waals surface area contributed by atoms with Gasteiger partial charge in [0.15, 0.2) is 0 Å². The van der Waals surface area contributed by atoms with Gasteiger partial charge < -0.3 is 0 Å². The van der Waals surface area contributed by atoms with E-state index in [0.29, 0.717) is 17.6 Å². The Morgan fingerprint density at radius 2 is 1.81 bits per heavy atom. The maximum atomic E-state index is 12.4. The maximum Gasteiger partial charge on any atom is 0.243 e. The van der Waals surface area contributed by atoms with Gasteiger partial charge in [0.25, 0.3) is 0 Å². The summed E-state index contributed by atoms with van der Waals surface area (Å²) in [6.45, 7) is 2.27. The fraction of sp³-hybridized carbons (Fsp3) is 0.538. The summed E-state index contributed by atoms with van der Waals surface area (Å²) in [5, 5.41) is 0.331. The van der Waals surface area contributed by atoms with E-state index in [4.69, 9.17) is 34.8 Å². The molecule has 1 aliphatic carbocycles. The topological polar surface area (TPSA) is 49.4 Å². The van der Waals surface area contributed by atoms with E-state index in [1.807, 2.05) is 14.0 Å². The normalized spacial score (nSPS) is 17.2. The third-order valence-corrected chi connectivity index (χ3v) is 6.18. The predicted molar refractivity (Wildman–Crippen MR) is 86.9 cm³/mol. The molecule has 1 atom stereocenters. The minimum absolute atomic E-state index is 0.0169. The number of rotatable bonds is 6. The highest BCUT2D eigenvalue weighted by molar-refractivity contribution is 7.89. The van der Waals surface area contributed by atoms with Crippen molar-refractivity contribution >= 4 is 44.8 Å². The van der Waals surface area contributed by atoms with Gasteiger partial charge in [-0.3, -0.25) is 4.90 Å². The lowest BCUT2D eigenvalue weighted by Gasteiger charge is -2.24. The summed E-state index contributed by atoms with van der Waals surface area (Å²) >= 11 is 17.7. The molecule has 1 N–H and O–H groups in total. The SMILES string of the molecule is CC(CNS(=O)(=O)c1c(Cl)cc(Cl)cc1Cl)N(C)C1CC1. The van der Waals surface area contributed by atoms with Gasteiger partial charge in [0, 0.05) is 23.7 Å². The van der Waals surface area contributed by atoms with Crippen LogP contribution in [0.2, 0.25) is 15.1 Å². The van der Waals surface area contributed by atoms with E-state index in [0.717, 1.165) is 0 Å². The molecule has 118 valence electrons. The summed E-state index contributed by atoms with van der Waals surface area (Å²) in [7, 11) is -1.77. The zero-order valence-electron chi connectivity index (χ0n) is 11.7. The van der Waals surface area contributed by atoms with Crippen molar-refractivity contribution in [3.63, 3.8) is 0 Å². The van der Waals surface area contributed by atoms with Crippen LogP contribution in [-0.2, 0) is 10.0 Å². The molecule has 0 aromatic heterocycles. The first-order valence-corrected chi connectivity index (χ1v) is 9.20. The van der Waals surface area contributed by atoms with Gasteiger partial charge in [0.1, 0.15) is 4.90 Å². The van der Waals surface area contributed by atoms with Crippen molar-refractivity contribution in [3.05, 3.63) is 27.2 Å². The van der Waals surface area contributed by atoms with E-state index >= 15 is 0 Å². The van der Waals surface area contributed by atoms with Gasteiger partial charge in [-0.05, 0) is 38.9 Å². The Morgan fingerprint density at radius 1 is 1.29 bits per heavy atom. The molecule has 8 heteroatoms. The molecule has 0 heterocycles. The molecule has 4 nitrogen and oxygen atoms in total. The van der Waals surface area contributed by atoms with Gasteiger partial charge in [0.05, 0.1) is 10.0 Å². The van der Waals surface area contributed by atoms with Crippen LogP contribution in [0.15, 0.2) is 17.0 Å². The number of likely N-dealkylation sites (N-methyl/N-ethyl adjacent to an activating group) is 1. The van der Waals surface area contributed by atoms with Crippen molar-refractivity contribution < 1.29 is 8.42 Å². The summed E-state index contributed by atoms with van der Waals surface area (Å²) in [6.07, 6.45) is 2.34. The van der Waals surface area contributed by atoms with Crippen LogP contribution in [0, 0.1) is 0 Å². The predicted octanol–water partition coefficient (Wildman–Crippen LogP) is 3.41. The second kappa shape index (κ2) is 6.60. The lowest BCUT2D eigenvalue weighted by atomic mass is 10.3. The van der Waals surface area contributed by atoms with E-state index < -0.39 is 10.0 Å². The number of hydrogen-bond donors (Lipinski definition) is 1. The second-order valence-electron chi connectivity index (χ2n) is 5.30. The minimum Gasteiger partial charge on any atom is -0.299 e. The Hall–Kier alpha value is -0.0400. The quantitative estimate of drug-likeness (QED) is 0.833. The molecule has 1 saturated carbocycles. The summed E-state index contributed by atoms with van der Waals surface area (Å²) in [5.41, 5.74) is 0. The van der Waals surface area contributed by atoms with Gasteiger partial charge in [-0.25, -0.2) is 13.1 Å².